The van der Waals surface area contributed by atoms with Crippen LogP contribution in [-0.2, 0) is 20.2 Å². The quantitative estimate of drug-likeness (QED) is 0.0429. The molecule has 0 spiro atoms. The molecule has 0 aliphatic carbocycles. The Hall–Kier alpha value is -4.74. The summed E-state index contributed by atoms with van der Waals surface area (Å²) in [5, 5.41) is 16.1. The van der Waals surface area contributed by atoms with Gasteiger partial charge in [-0.1, -0.05) is 54.6 Å². The van der Waals surface area contributed by atoms with Crippen LogP contribution in [0.15, 0.2) is 121 Å². The second-order valence-electron chi connectivity index (χ2n) is 11.2. The Labute approximate surface area is 355 Å². The van der Waals surface area contributed by atoms with Gasteiger partial charge in [0, 0.05) is 0 Å². The van der Waals surface area contributed by atoms with Gasteiger partial charge in [0.1, 0.15) is 20.2 Å². The van der Waals surface area contributed by atoms with Gasteiger partial charge < -0.3 is 9.11 Å². The van der Waals surface area contributed by atoms with E-state index in [1.807, 2.05) is 31.2 Å². The number of nitrogens with one attached hydrogen (secondary N) is 8. The third-order valence-electron chi connectivity index (χ3n) is 7.14. The van der Waals surface area contributed by atoms with Crippen molar-refractivity contribution in [3.63, 3.8) is 0 Å². The summed E-state index contributed by atoms with van der Waals surface area (Å²) < 4.78 is 73.9. The molecule has 8 N–H and O–H groups in total. The number of nitrogens with zero attached hydrogens (tertiary/aromatic N) is 4. The maximum Gasteiger partial charge on any atom is 1.00 e. The van der Waals surface area contributed by atoms with Crippen LogP contribution in [0.1, 0.15) is 16.7 Å². The van der Waals surface area contributed by atoms with Crippen LogP contribution in [0.5, 0.6) is 0 Å². The Morgan fingerprint density at radius 1 is 0.509 bits per heavy atom. The van der Waals surface area contributed by atoms with Crippen LogP contribution in [0.2, 0.25) is 0 Å². The average molecular weight is 799 g/mol. The molecule has 0 atom stereocenters. The molecule has 18 nitrogen and oxygen atoms in total. The molecule has 270 valence electrons. The second kappa shape index (κ2) is 18.3. The molecule has 0 bridgehead atoms. The smallest absolute Gasteiger partial charge is 0.744 e. The molecule has 0 fully saturated rings. The van der Waals surface area contributed by atoms with Crippen molar-refractivity contribution in [3.8, 4) is 0 Å². The van der Waals surface area contributed by atoms with E-state index in [1.54, 1.807) is 30.3 Å². The summed E-state index contributed by atoms with van der Waals surface area (Å²) in [4.78, 5) is 32.3. The van der Waals surface area contributed by atoms with Gasteiger partial charge in [-0.25, -0.2) is 36.8 Å². The van der Waals surface area contributed by atoms with Gasteiger partial charge in [-0.3, -0.25) is 40.7 Å². The number of para-hydroxylation sites is 1. The van der Waals surface area contributed by atoms with E-state index in [9.17, 15) is 25.9 Å². The van der Waals surface area contributed by atoms with E-state index in [4.69, 9.17) is 10.8 Å². The Morgan fingerprint density at radius 3 is 1.29 bits per heavy atom. The molecule has 22 heteroatoms. The van der Waals surface area contributed by atoms with Gasteiger partial charge in [-0.05, 0) is 72.1 Å². The molecule has 6 aromatic rings. The van der Waals surface area contributed by atoms with Crippen LogP contribution in [0.25, 0.3) is 12.2 Å². The summed E-state index contributed by atoms with van der Waals surface area (Å²) in [6, 6.07) is 23.5. The number of aromatic nitrogens is 6. The van der Waals surface area contributed by atoms with Crippen molar-refractivity contribution in [3.05, 3.63) is 141 Å². The minimum atomic E-state index is -5.09. The van der Waals surface area contributed by atoms with E-state index < -0.39 is 30.0 Å². The van der Waals surface area contributed by atoms with E-state index in [-0.39, 0.29) is 115 Å². The Kier molecular flexibility index (Phi) is 14.3. The molecule has 0 unspecified atom stereocenters. The number of rotatable bonds is 8. The fourth-order valence-electron chi connectivity index (χ4n) is 4.90. The van der Waals surface area contributed by atoms with E-state index in [2.05, 4.69) is 49.9 Å². The molecule has 0 saturated carbocycles. The van der Waals surface area contributed by atoms with Crippen molar-refractivity contribution in [1.29, 1.82) is 10.8 Å². The van der Waals surface area contributed by atoms with Crippen molar-refractivity contribution >= 4 is 55.1 Å². The molecule has 0 aliphatic rings. The van der Waals surface area contributed by atoms with Crippen LogP contribution in [0.4, 0.5) is 22.7 Å². The molecule has 55 heavy (non-hydrogen) atoms. The summed E-state index contributed by atoms with van der Waals surface area (Å²) in [6.45, 7) is 1.90. The van der Waals surface area contributed by atoms with Crippen molar-refractivity contribution in [2.24, 2.45) is 20.0 Å². The predicted molar refractivity (Wildman–Crippen MR) is 187 cm³/mol. The van der Waals surface area contributed by atoms with Crippen LogP contribution >= 0.6 is 0 Å². The first-order valence-electron chi connectivity index (χ1n) is 15.3. The number of hydrogen-bond donors (Lipinski definition) is 8. The number of benzene rings is 4. The van der Waals surface area contributed by atoms with Gasteiger partial charge in [0.25, 0.3) is 0 Å². The van der Waals surface area contributed by atoms with E-state index in [0.717, 1.165) is 17.7 Å². The van der Waals surface area contributed by atoms with Crippen LogP contribution in [-0.4, -0.2) is 55.8 Å². The molecule has 0 amide bonds. The normalized spacial score (nSPS) is 13.1. The molecule has 0 aliphatic heterocycles. The Morgan fingerprint density at radius 2 is 0.891 bits per heavy atom. The molecule has 4 aromatic carbocycles. The Balaban J connectivity index is 0.00000336. The number of aromatic amines is 6. The standard InChI is InChI=1S/C33H30N12O6S2.2Na/c1-19-6-5-9-23(16-19)37-31-41-29(35)43-33(45-31)39-25-15-13-21(27(18-25)53(49,50)51)11-10-20-12-14-24(17-26(20)52(46,47)48)38-32-42-28(34)40-30(44-32)36-22-7-3-2-4-8-22;;/h2-18H,1H3,(H,46,47,48)(H,49,50,51)(H4,34,36,38,40,42,44)(H4,35,37,39,41,43,45);;/q;2*+1/p-2/b11-10+;;. The van der Waals surface area contributed by atoms with Crippen molar-refractivity contribution in [2.45, 2.75) is 16.7 Å². The SMILES string of the molecule is Cc1cccc(N=c2[nH]c(=N)[nH]c(=Nc3ccc(/C=C/c4ccc(N=c5[nH]c(=N)[nH]c(=Nc6ccccc6)[nH]5)cc4S(=O)(=O)[O-])c(S(=O)(=O)[O-])c3)[nH]2)c1.[Na+].[Na+]. The van der Waals surface area contributed by atoms with Crippen molar-refractivity contribution < 1.29 is 85.1 Å². The molecular weight excluding hydrogens is 771 g/mol. The largest absolute Gasteiger partial charge is 1.00 e. The van der Waals surface area contributed by atoms with Crippen LogP contribution in [0, 0.1) is 17.7 Å². The van der Waals surface area contributed by atoms with Crippen molar-refractivity contribution in [1.82, 2.24) is 29.9 Å². The molecule has 2 heterocycles. The topological polar surface area (TPSA) is 306 Å². The number of aryl methyl sites for hydroxylation is 1. The average Bonchev–Trinajstić information content (AvgIpc) is 3.07. The zero-order valence-corrected chi connectivity index (χ0v) is 35.0. The zero-order chi connectivity index (χ0) is 37.8. The maximum absolute atomic E-state index is 12.3. The fourth-order valence-corrected chi connectivity index (χ4v) is 6.28. The maximum atomic E-state index is 12.3. The van der Waals surface area contributed by atoms with Crippen LogP contribution in [0.3, 0.4) is 0 Å². The molecular formula is C33H28N12Na2O6S2. The monoisotopic (exact) mass is 798 g/mol. The summed E-state index contributed by atoms with van der Waals surface area (Å²) in [5.74, 6) is 0. The third kappa shape index (κ3) is 11.9. The fraction of sp³-hybridized carbons (Fsp3) is 0.0303. The molecule has 2 aromatic heterocycles. The predicted octanol–water partition coefficient (Wildman–Crippen LogP) is -4.16. The van der Waals surface area contributed by atoms with Gasteiger partial charge in [-0.2, -0.15) is 0 Å². The van der Waals surface area contributed by atoms with Gasteiger partial charge in [0.2, 0.25) is 33.7 Å². The van der Waals surface area contributed by atoms with E-state index in [0.29, 0.717) is 11.4 Å². The van der Waals surface area contributed by atoms with Gasteiger partial charge in [0.05, 0.1) is 32.5 Å². The Bertz CT molecular complexity index is 3040. The second-order valence-corrected chi connectivity index (χ2v) is 13.9. The van der Waals surface area contributed by atoms with Gasteiger partial charge >= 0.3 is 59.1 Å². The van der Waals surface area contributed by atoms with E-state index >= 15 is 0 Å². The summed E-state index contributed by atoms with van der Waals surface area (Å²) >= 11 is 0. The summed E-state index contributed by atoms with van der Waals surface area (Å²) in [6.07, 6.45) is 2.34. The first-order chi connectivity index (χ1) is 25.2. The van der Waals surface area contributed by atoms with Gasteiger partial charge in [-0.15, -0.1) is 0 Å². The number of H-pyrrole nitrogens is 6. The molecule has 0 saturated heterocycles. The summed E-state index contributed by atoms with van der Waals surface area (Å²) in [5.41, 5.74) is 1.97. The van der Waals surface area contributed by atoms with Crippen molar-refractivity contribution in [2.75, 3.05) is 0 Å². The minimum Gasteiger partial charge on any atom is -0.744 e. The first-order valence-corrected chi connectivity index (χ1v) is 18.1. The van der Waals surface area contributed by atoms with Gasteiger partial charge in [0.15, 0.2) is 0 Å². The van der Waals surface area contributed by atoms with E-state index in [1.165, 1.54) is 36.4 Å². The van der Waals surface area contributed by atoms with Crippen LogP contribution < -0.4 is 92.8 Å². The minimum absolute atomic E-state index is 0. The molecule has 0 radical (unpaired) electrons. The number of hydrogen-bond acceptors (Lipinski definition) is 12. The first kappa shape index (κ1) is 43.0. The third-order valence-corrected chi connectivity index (χ3v) is 8.93. The molecule has 6 rings (SSSR count). The zero-order valence-electron chi connectivity index (χ0n) is 29.4. The summed E-state index contributed by atoms with van der Waals surface area (Å²) in [7, 11) is -10.2.